The summed E-state index contributed by atoms with van der Waals surface area (Å²) in [6.07, 6.45) is 5.63. The van der Waals surface area contributed by atoms with E-state index in [-0.39, 0.29) is 5.56 Å². The highest BCUT2D eigenvalue weighted by Crippen LogP contribution is 2.38. The fourth-order valence-corrected chi connectivity index (χ4v) is 2.07. The summed E-state index contributed by atoms with van der Waals surface area (Å²) < 4.78 is 1.80. The fraction of sp³-hybridized carbons (Fsp3) is 0.667. The van der Waals surface area contributed by atoms with Crippen molar-refractivity contribution in [3.05, 3.63) is 27.4 Å². The first-order chi connectivity index (χ1) is 7.72. The zero-order valence-corrected chi connectivity index (χ0v) is 10.3. The molecule has 0 unspecified atom stereocenters. The van der Waals surface area contributed by atoms with Crippen molar-refractivity contribution < 1.29 is 0 Å². The maximum atomic E-state index is 11.8. The van der Waals surface area contributed by atoms with Gasteiger partial charge < -0.3 is 0 Å². The zero-order chi connectivity index (χ0) is 11.5. The normalized spacial score (nSPS) is 15.4. The van der Waals surface area contributed by atoms with Crippen LogP contribution in [0.2, 0.25) is 5.15 Å². The Morgan fingerprint density at radius 2 is 2.25 bits per heavy atom. The van der Waals surface area contributed by atoms with Crippen LogP contribution in [0.1, 0.15) is 50.8 Å². The van der Waals surface area contributed by atoms with Crippen LogP contribution >= 0.6 is 11.6 Å². The Morgan fingerprint density at radius 1 is 1.50 bits per heavy atom. The van der Waals surface area contributed by atoms with Gasteiger partial charge >= 0.3 is 0 Å². The van der Waals surface area contributed by atoms with Crippen molar-refractivity contribution in [2.45, 2.75) is 51.5 Å². The monoisotopic (exact) mass is 240 g/mol. The van der Waals surface area contributed by atoms with Gasteiger partial charge in [0, 0.05) is 18.5 Å². The Balaban J connectivity index is 2.23. The van der Waals surface area contributed by atoms with Crippen molar-refractivity contribution in [1.29, 1.82) is 0 Å². The smallest absolute Gasteiger partial charge is 0.254 e. The molecule has 0 atom stereocenters. The predicted octanol–water partition coefficient (Wildman–Crippen LogP) is 2.96. The third-order valence-corrected chi connectivity index (χ3v) is 3.13. The van der Waals surface area contributed by atoms with E-state index in [0.29, 0.717) is 11.1 Å². The quantitative estimate of drug-likeness (QED) is 0.586. The molecule has 2 rings (SSSR count). The molecule has 0 amide bonds. The average Bonchev–Trinajstić information content (AvgIpc) is 3.04. The van der Waals surface area contributed by atoms with Crippen LogP contribution in [0.15, 0.2) is 10.9 Å². The van der Waals surface area contributed by atoms with E-state index in [1.807, 2.05) is 0 Å². The lowest BCUT2D eigenvalue weighted by Gasteiger charge is -2.11. The number of unbranched alkanes of at least 4 members (excludes halogenated alkanes) is 2. The Kier molecular flexibility index (Phi) is 3.64. The summed E-state index contributed by atoms with van der Waals surface area (Å²) in [6, 6.07) is 1.42. The van der Waals surface area contributed by atoms with Gasteiger partial charge in [-0.25, -0.2) is 4.98 Å². The molecular formula is C12H17ClN2O. The largest absolute Gasteiger partial charge is 0.296 e. The third-order valence-electron chi connectivity index (χ3n) is 2.93. The van der Waals surface area contributed by atoms with Gasteiger partial charge in [-0.15, -0.1) is 0 Å². The second-order valence-electron chi connectivity index (χ2n) is 4.41. The third kappa shape index (κ3) is 2.64. The van der Waals surface area contributed by atoms with Crippen LogP contribution < -0.4 is 5.56 Å². The van der Waals surface area contributed by atoms with E-state index >= 15 is 0 Å². The van der Waals surface area contributed by atoms with Crippen molar-refractivity contribution in [1.82, 2.24) is 9.55 Å². The summed E-state index contributed by atoms with van der Waals surface area (Å²) in [5.41, 5.74) is -0.00185. The molecule has 1 aliphatic rings. The summed E-state index contributed by atoms with van der Waals surface area (Å²) in [4.78, 5) is 16.1. The highest BCUT2D eigenvalue weighted by Gasteiger charge is 2.28. The van der Waals surface area contributed by atoms with Gasteiger partial charge in [-0.05, 0) is 19.3 Å². The Hall–Kier alpha value is -0.830. The topological polar surface area (TPSA) is 34.9 Å². The molecule has 3 nitrogen and oxygen atoms in total. The SMILES string of the molecule is CCCCCn1c(C2CC2)nc(Cl)cc1=O. The number of nitrogens with zero attached hydrogens (tertiary/aromatic N) is 2. The van der Waals surface area contributed by atoms with Gasteiger partial charge in [0.15, 0.2) is 0 Å². The molecule has 0 spiro atoms. The molecule has 1 aromatic heterocycles. The molecule has 1 saturated carbocycles. The van der Waals surface area contributed by atoms with Gasteiger partial charge in [-0.2, -0.15) is 0 Å². The van der Waals surface area contributed by atoms with Crippen molar-refractivity contribution in [3.8, 4) is 0 Å². The van der Waals surface area contributed by atoms with E-state index in [9.17, 15) is 4.79 Å². The number of hydrogen-bond acceptors (Lipinski definition) is 2. The van der Waals surface area contributed by atoms with Crippen molar-refractivity contribution in [2.75, 3.05) is 0 Å². The average molecular weight is 241 g/mol. The van der Waals surface area contributed by atoms with Gasteiger partial charge in [0.25, 0.3) is 5.56 Å². The van der Waals surface area contributed by atoms with Gasteiger partial charge in [0.2, 0.25) is 0 Å². The maximum absolute atomic E-state index is 11.8. The van der Waals surface area contributed by atoms with Crippen LogP contribution in [0, 0.1) is 0 Å². The molecule has 0 bridgehead atoms. The van der Waals surface area contributed by atoms with Crippen LogP contribution in [0.5, 0.6) is 0 Å². The number of rotatable bonds is 5. The number of hydrogen-bond donors (Lipinski definition) is 0. The van der Waals surface area contributed by atoms with E-state index in [2.05, 4.69) is 11.9 Å². The van der Waals surface area contributed by atoms with Crippen molar-refractivity contribution in [3.63, 3.8) is 0 Å². The van der Waals surface area contributed by atoms with Crippen molar-refractivity contribution in [2.24, 2.45) is 0 Å². The van der Waals surface area contributed by atoms with Crippen LogP contribution in [-0.2, 0) is 6.54 Å². The van der Waals surface area contributed by atoms with E-state index < -0.39 is 0 Å². The standard InChI is InChI=1S/C12H17ClN2O/c1-2-3-4-7-15-11(16)8-10(13)14-12(15)9-5-6-9/h8-9H,2-7H2,1H3. The van der Waals surface area contributed by atoms with Crippen LogP contribution in [0.25, 0.3) is 0 Å². The van der Waals surface area contributed by atoms with Gasteiger partial charge in [-0.3, -0.25) is 9.36 Å². The minimum absolute atomic E-state index is 0.00185. The number of aromatic nitrogens is 2. The molecular weight excluding hydrogens is 224 g/mol. The van der Waals surface area contributed by atoms with E-state index in [1.54, 1.807) is 4.57 Å². The molecule has 0 aliphatic heterocycles. The highest BCUT2D eigenvalue weighted by atomic mass is 35.5. The molecule has 0 radical (unpaired) electrons. The molecule has 1 heterocycles. The maximum Gasteiger partial charge on any atom is 0.254 e. The lowest BCUT2D eigenvalue weighted by molar-refractivity contribution is 0.554. The number of halogens is 1. The van der Waals surface area contributed by atoms with Crippen LogP contribution in [-0.4, -0.2) is 9.55 Å². The van der Waals surface area contributed by atoms with E-state index in [0.717, 1.165) is 44.5 Å². The first-order valence-corrected chi connectivity index (χ1v) is 6.37. The summed E-state index contributed by atoms with van der Waals surface area (Å²) in [5, 5.41) is 0.332. The van der Waals surface area contributed by atoms with Gasteiger partial charge in [0.05, 0.1) is 0 Å². The second kappa shape index (κ2) is 5.00. The summed E-state index contributed by atoms with van der Waals surface area (Å²) in [7, 11) is 0. The lowest BCUT2D eigenvalue weighted by atomic mass is 10.2. The Morgan fingerprint density at radius 3 is 2.88 bits per heavy atom. The molecule has 0 aromatic carbocycles. The van der Waals surface area contributed by atoms with Crippen LogP contribution in [0.3, 0.4) is 0 Å². The van der Waals surface area contributed by atoms with Crippen molar-refractivity contribution >= 4 is 11.6 Å². The Labute approximate surface area is 100 Å². The second-order valence-corrected chi connectivity index (χ2v) is 4.80. The van der Waals surface area contributed by atoms with Gasteiger partial charge in [0.1, 0.15) is 11.0 Å². The molecule has 1 aliphatic carbocycles. The molecule has 0 saturated heterocycles. The summed E-state index contributed by atoms with van der Waals surface area (Å²) >= 11 is 5.83. The molecule has 88 valence electrons. The molecule has 4 heteroatoms. The van der Waals surface area contributed by atoms with Crippen LogP contribution in [0.4, 0.5) is 0 Å². The predicted molar refractivity (Wildman–Crippen MR) is 65.0 cm³/mol. The zero-order valence-electron chi connectivity index (χ0n) is 9.58. The molecule has 0 N–H and O–H groups in total. The molecule has 1 aromatic rings. The highest BCUT2D eigenvalue weighted by molar-refractivity contribution is 6.29. The van der Waals surface area contributed by atoms with Gasteiger partial charge in [-0.1, -0.05) is 31.4 Å². The van der Waals surface area contributed by atoms with E-state index in [4.69, 9.17) is 11.6 Å². The molecule has 16 heavy (non-hydrogen) atoms. The fourth-order valence-electron chi connectivity index (χ4n) is 1.89. The summed E-state index contributed by atoms with van der Waals surface area (Å²) in [6.45, 7) is 2.94. The minimum atomic E-state index is -0.00185. The minimum Gasteiger partial charge on any atom is -0.296 e. The van der Waals surface area contributed by atoms with E-state index in [1.165, 1.54) is 6.07 Å². The lowest BCUT2D eigenvalue weighted by Crippen LogP contribution is -2.24. The molecule has 1 fully saturated rings. The Bertz CT molecular complexity index is 424. The summed E-state index contributed by atoms with van der Waals surface area (Å²) in [5.74, 6) is 1.36. The first-order valence-electron chi connectivity index (χ1n) is 5.99. The first kappa shape index (κ1) is 11.6.